The highest BCUT2D eigenvalue weighted by Crippen LogP contribution is 2.24. The van der Waals surface area contributed by atoms with E-state index in [9.17, 15) is 4.79 Å². The van der Waals surface area contributed by atoms with Gasteiger partial charge in [-0.05, 0) is 24.3 Å². The molecule has 82 valence electrons. The number of hydrogen-bond acceptors (Lipinski definition) is 3. The minimum absolute atomic E-state index is 0.255. The van der Waals surface area contributed by atoms with Crippen LogP contribution in [0, 0.1) is 0 Å². The summed E-state index contributed by atoms with van der Waals surface area (Å²) >= 11 is 11.7. The predicted octanol–water partition coefficient (Wildman–Crippen LogP) is 2.82. The number of nitrogens with one attached hydrogen (secondary N) is 2. The second-order valence-corrected chi connectivity index (χ2v) is 3.96. The Morgan fingerprint density at radius 3 is 2.38 bits per heavy atom. The molecule has 0 aliphatic carbocycles. The predicted molar refractivity (Wildman–Crippen MR) is 64.6 cm³/mol. The molecule has 2 aromatic rings. The first kappa shape index (κ1) is 11.0. The molecule has 1 aromatic carbocycles. The van der Waals surface area contributed by atoms with E-state index in [1.807, 2.05) is 0 Å². The molecule has 0 spiro atoms. The molecule has 4 nitrogen and oxygen atoms in total. The molecule has 2 N–H and O–H groups in total. The lowest BCUT2D eigenvalue weighted by molar-refractivity contribution is 0.994. The summed E-state index contributed by atoms with van der Waals surface area (Å²) in [6.07, 6.45) is 0. The maximum Gasteiger partial charge on any atom is 0.264 e. The van der Waals surface area contributed by atoms with Crippen molar-refractivity contribution >= 4 is 34.7 Å². The van der Waals surface area contributed by atoms with Gasteiger partial charge in [-0.25, -0.2) is 5.10 Å². The van der Waals surface area contributed by atoms with Crippen LogP contribution in [-0.2, 0) is 0 Å². The second-order valence-electron chi connectivity index (χ2n) is 3.09. The highest BCUT2D eigenvalue weighted by molar-refractivity contribution is 6.35. The van der Waals surface area contributed by atoms with Gasteiger partial charge in [-0.3, -0.25) is 4.79 Å². The Balaban J connectivity index is 2.26. The zero-order chi connectivity index (χ0) is 11.5. The largest absolute Gasteiger partial charge is 0.339 e. The van der Waals surface area contributed by atoms with Crippen LogP contribution in [0.5, 0.6) is 0 Å². The number of hydrogen-bond donors (Lipinski definition) is 2. The van der Waals surface area contributed by atoms with Gasteiger partial charge in [-0.1, -0.05) is 23.2 Å². The van der Waals surface area contributed by atoms with Crippen molar-refractivity contribution in [3.8, 4) is 0 Å². The smallest absolute Gasteiger partial charge is 0.264 e. The van der Waals surface area contributed by atoms with Crippen molar-refractivity contribution < 1.29 is 0 Å². The van der Waals surface area contributed by atoms with Crippen LogP contribution < -0.4 is 10.9 Å². The van der Waals surface area contributed by atoms with Gasteiger partial charge in [0.2, 0.25) is 0 Å². The minimum Gasteiger partial charge on any atom is -0.339 e. The van der Waals surface area contributed by atoms with Gasteiger partial charge in [0.1, 0.15) is 0 Å². The monoisotopic (exact) mass is 255 g/mol. The summed E-state index contributed by atoms with van der Waals surface area (Å²) in [6.45, 7) is 0. The van der Waals surface area contributed by atoms with Gasteiger partial charge < -0.3 is 5.32 Å². The number of rotatable bonds is 2. The Morgan fingerprint density at radius 2 is 1.81 bits per heavy atom. The third-order valence-corrected chi connectivity index (χ3v) is 2.25. The first-order chi connectivity index (χ1) is 7.63. The molecule has 0 amide bonds. The summed E-state index contributed by atoms with van der Waals surface area (Å²) < 4.78 is 0. The summed E-state index contributed by atoms with van der Waals surface area (Å²) in [7, 11) is 0. The molecule has 0 aliphatic heterocycles. The topological polar surface area (TPSA) is 57.8 Å². The average molecular weight is 256 g/mol. The number of nitrogens with zero attached hydrogens (tertiary/aromatic N) is 1. The zero-order valence-corrected chi connectivity index (χ0v) is 9.51. The molecule has 16 heavy (non-hydrogen) atoms. The summed E-state index contributed by atoms with van der Waals surface area (Å²) in [5.41, 5.74) is 0.451. The molecule has 0 saturated carbocycles. The average Bonchev–Trinajstić information content (AvgIpc) is 2.20. The normalized spacial score (nSPS) is 10.1. The van der Waals surface area contributed by atoms with E-state index >= 15 is 0 Å². The van der Waals surface area contributed by atoms with E-state index in [1.165, 1.54) is 6.07 Å². The highest BCUT2D eigenvalue weighted by Gasteiger charge is 1.99. The fraction of sp³-hybridized carbons (Fsp3) is 0. The lowest BCUT2D eigenvalue weighted by atomic mass is 10.3. The summed E-state index contributed by atoms with van der Waals surface area (Å²) in [6, 6.07) is 7.99. The van der Waals surface area contributed by atoms with Gasteiger partial charge in [-0.2, -0.15) is 5.10 Å². The molecule has 0 atom stereocenters. The van der Waals surface area contributed by atoms with Crippen molar-refractivity contribution in [3.05, 3.63) is 50.7 Å². The van der Waals surface area contributed by atoms with E-state index in [2.05, 4.69) is 15.5 Å². The second kappa shape index (κ2) is 4.55. The molecule has 0 aliphatic rings. The Kier molecular flexibility index (Phi) is 3.12. The van der Waals surface area contributed by atoms with Crippen LogP contribution in [0.15, 0.2) is 35.1 Å². The first-order valence-corrected chi connectivity index (χ1v) is 5.18. The van der Waals surface area contributed by atoms with Crippen LogP contribution in [-0.4, -0.2) is 10.2 Å². The zero-order valence-electron chi connectivity index (χ0n) is 8.00. The standard InChI is InChI=1S/C10H7Cl2N3O/c11-6-3-7(12)5-8(4-6)13-9-1-2-10(16)15-14-9/h1-5H,(H,13,14)(H,15,16). The summed E-state index contributed by atoms with van der Waals surface area (Å²) in [5, 5.41) is 10.1. The molecule has 0 unspecified atom stereocenters. The molecule has 0 bridgehead atoms. The summed E-state index contributed by atoms with van der Waals surface area (Å²) in [4.78, 5) is 10.8. The van der Waals surface area contributed by atoms with Crippen molar-refractivity contribution in [2.24, 2.45) is 0 Å². The molecule has 0 saturated heterocycles. The van der Waals surface area contributed by atoms with Gasteiger partial charge in [0, 0.05) is 21.8 Å². The highest BCUT2D eigenvalue weighted by atomic mass is 35.5. The van der Waals surface area contributed by atoms with Crippen molar-refractivity contribution in [2.45, 2.75) is 0 Å². The van der Waals surface area contributed by atoms with Gasteiger partial charge >= 0.3 is 0 Å². The van der Waals surface area contributed by atoms with Crippen molar-refractivity contribution in [1.29, 1.82) is 0 Å². The number of H-pyrrole nitrogens is 1. The number of aromatic amines is 1. The number of halogens is 2. The van der Waals surface area contributed by atoms with Crippen LogP contribution in [0.1, 0.15) is 0 Å². The maximum absolute atomic E-state index is 10.8. The van der Waals surface area contributed by atoms with E-state index in [0.29, 0.717) is 21.6 Å². The fourth-order valence-electron chi connectivity index (χ4n) is 1.19. The molecule has 1 heterocycles. The van der Waals surface area contributed by atoms with Gasteiger partial charge in [0.25, 0.3) is 5.56 Å². The molecular formula is C10H7Cl2N3O. The maximum atomic E-state index is 10.8. The first-order valence-electron chi connectivity index (χ1n) is 4.42. The van der Waals surface area contributed by atoms with E-state index in [4.69, 9.17) is 23.2 Å². The van der Waals surface area contributed by atoms with E-state index < -0.39 is 0 Å². The van der Waals surface area contributed by atoms with Gasteiger partial charge in [0.15, 0.2) is 5.82 Å². The summed E-state index contributed by atoms with van der Waals surface area (Å²) in [5.74, 6) is 0.512. The van der Waals surface area contributed by atoms with Crippen LogP contribution in [0.3, 0.4) is 0 Å². The van der Waals surface area contributed by atoms with Crippen molar-refractivity contribution in [3.63, 3.8) is 0 Å². The molecule has 0 fully saturated rings. The Labute approximate surface area is 101 Å². The lowest BCUT2D eigenvalue weighted by Gasteiger charge is -2.05. The number of benzene rings is 1. The third-order valence-electron chi connectivity index (χ3n) is 1.81. The molecule has 6 heteroatoms. The van der Waals surface area contributed by atoms with E-state index in [1.54, 1.807) is 24.3 Å². The van der Waals surface area contributed by atoms with E-state index in [0.717, 1.165) is 0 Å². The Morgan fingerprint density at radius 1 is 1.12 bits per heavy atom. The SMILES string of the molecule is O=c1ccc(Nc2cc(Cl)cc(Cl)c2)n[nH]1. The van der Waals surface area contributed by atoms with Gasteiger partial charge in [0.05, 0.1) is 0 Å². The van der Waals surface area contributed by atoms with E-state index in [-0.39, 0.29) is 5.56 Å². The number of anilines is 2. The fourth-order valence-corrected chi connectivity index (χ4v) is 1.71. The van der Waals surface area contributed by atoms with Gasteiger partial charge in [-0.15, -0.1) is 0 Å². The lowest BCUT2D eigenvalue weighted by Crippen LogP contribution is -2.07. The molecule has 2 rings (SSSR count). The third kappa shape index (κ3) is 2.74. The van der Waals surface area contributed by atoms with Crippen LogP contribution in [0.2, 0.25) is 10.0 Å². The van der Waals surface area contributed by atoms with Crippen LogP contribution in [0.4, 0.5) is 11.5 Å². The number of aromatic nitrogens is 2. The Hall–Kier alpha value is -1.52. The minimum atomic E-state index is -0.255. The van der Waals surface area contributed by atoms with Crippen LogP contribution >= 0.6 is 23.2 Å². The quantitative estimate of drug-likeness (QED) is 0.868. The van der Waals surface area contributed by atoms with Crippen molar-refractivity contribution in [2.75, 3.05) is 5.32 Å². The molecule has 0 radical (unpaired) electrons. The Bertz CT molecular complexity index is 527. The van der Waals surface area contributed by atoms with Crippen LogP contribution in [0.25, 0.3) is 0 Å². The molecular weight excluding hydrogens is 249 g/mol. The van der Waals surface area contributed by atoms with Crippen molar-refractivity contribution in [1.82, 2.24) is 10.2 Å². The molecule has 1 aromatic heterocycles.